The molecule has 0 radical (unpaired) electrons. The van der Waals surface area contributed by atoms with Gasteiger partial charge in [-0.25, -0.2) is 32.8 Å². The first-order valence-electron chi connectivity index (χ1n) is 44.5. The zero-order valence-corrected chi connectivity index (χ0v) is 76.3. The molecule has 0 bridgehead atoms. The number of hydrogen-bond acceptors (Lipinski definition) is 24. The lowest BCUT2D eigenvalue weighted by Gasteiger charge is -2.31. The lowest BCUT2D eigenvalue weighted by atomic mass is 9.89. The number of methoxy groups -OCH3 is 3. The van der Waals surface area contributed by atoms with E-state index in [0.29, 0.717) is 107 Å². The van der Waals surface area contributed by atoms with Crippen molar-refractivity contribution in [1.29, 1.82) is 0 Å². The molecule has 5 fully saturated rings. The summed E-state index contributed by atoms with van der Waals surface area (Å²) in [5, 5.41) is 32.5. The van der Waals surface area contributed by atoms with E-state index < -0.39 is 99.0 Å². The SMILES string of the molecule is C=C[C@]1(CN2Cc3ccc(OC)cc3C2=O)NC(=O)NC1=O.COc1ccc2c(c1)C(=O)N(C[C@@]1(CCc3cccc(C(C)C)c3)NC(=O)NC1=O)C2.COc1ccc2c(c1)C(=O)N(C[C@@]1(c3cc(-c4ccncc4)no3)NC(=O)NC1=O)C2.O=C1NC(=O)C(CCc2cccnc2)(CN2Cc3ccc(F)cc3C2=O)N1.O=C1NC(=O)[C@](CN2Cc3ccc(F)cc3C2=O)(c2cc(-c3ccccc3)no2)N1. The van der Waals surface area contributed by atoms with Gasteiger partial charge in [-0.1, -0.05) is 121 Å². The summed E-state index contributed by atoms with van der Waals surface area (Å²) in [6.45, 7) is 9.23. The average molecular weight is 1920 g/mol. The number of carbonyl (C=O) groups is 15. The van der Waals surface area contributed by atoms with Crippen LogP contribution in [0.3, 0.4) is 0 Å². The third kappa shape index (κ3) is 19.1. The highest BCUT2D eigenvalue weighted by Gasteiger charge is 2.57. The Morgan fingerprint density at radius 3 is 1.15 bits per heavy atom. The standard InChI is InChI=1S/C24H27N3O4.C21H15FN4O4.C21H17N5O5.C19H17FN4O3.C15H15N3O4/c1-15(2)17-6-4-5-16(11-17)9-10-24(22(29)25-23(30)26-24)14-27-13-18-7-8-19(31-3)12-20(18)21(27)28;22-14-7-6-13-10-26(18(27)15(13)8-14)11-21(19(28)23-20(29)24-21)17-9-16(25-30-17)12-4-2-1-3-5-12;1-30-14-3-2-13-10-26(18(27)15(13)8-14)11-21(19(28)23-20(29)24-21)17-9-16(25-31-17)12-4-6-22-7-5-12;20-14-4-3-13-10-24(16(25)15(13)8-14)11-19(17(26)22-18(27)23-19)6-5-12-2-1-7-21-9-12;1-3-15(13(20)16-14(21)17-15)8-18-7-9-4-5-10(22-2)6-11(9)12(18)19/h4-8,11-12,15H,9-10,13-14H2,1-3H3,(H2,25,26,29,30);1-9H,10-11H2,(H2,23,24,28,29);2-9H,10-11H2,1H3,(H2,23,24,28,29);1-4,7-9H,5-6,10-11H2,(H2,22,23,26,27);3-6H,1,7-8H2,2H3,(H2,16,17,20,21)/t24-;2*21-;;15-/m100.1/s1. The molecule has 0 aliphatic carbocycles. The molecule has 720 valence electrons. The van der Waals surface area contributed by atoms with Crippen molar-refractivity contribution >= 4 is 89.2 Å². The molecule has 41 heteroatoms. The molecule has 11 aromatic rings. The molecule has 4 aromatic heterocycles. The number of nitrogens with one attached hydrogen (secondary N) is 10. The van der Waals surface area contributed by atoms with Gasteiger partial charge in [-0.3, -0.25) is 84.5 Å². The molecule has 5 saturated heterocycles. The summed E-state index contributed by atoms with van der Waals surface area (Å²) in [4.78, 5) is 202. The van der Waals surface area contributed by atoms with Gasteiger partial charge in [0.25, 0.3) is 59.1 Å². The maximum absolute atomic E-state index is 13.6. The molecule has 20 amide bonds. The van der Waals surface area contributed by atoms with Gasteiger partial charge in [0.1, 0.15) is 51.3 Å². The molecular formula is C100H91F2N19O20. The number of urea groups is 5. The summed E-state index contributed by atoms with van der Waals surface area (Å²) in [5.74, 6) is -2.65. The second kappa shape index (κ2) is 38.8. The van der Waals surface area contributed by atoms with Crippen LogP contribution in [0.15, 0.2) is 228 Å². The predicted molar refractivity (Wildman–Crippen MR) is 494 cm³/mol. The number of pyridine rings is 2. The van der Waals surface area contributed by atoms with E-state index in [0.717, 1.165) is 38.9 Å². The van der Waals surface area contributed by atoms with Crippen LogP contribution >= 0.6 is 0 Å². The maximum atomic E-state index is 13.6. The van der Waals surface area contributed by atoms with E-state index in [1.54, 1.807) is 104 Å². The van der Waals surface area contributed by atoms with Crippen molar-refractivity contribution in [2.45, 2.75) is 106 Å². The minimum atomic E-state index is -1.65. The largest absolute Gasteiger partial charge is 0.497 e. The minimum absolute atomic E-state index is 0.0139. The molecule has 39 nitrogen and oxygen atoms in total. The van der Waals surface area contributed by atoms with Crippen LogP contribution in [0.2, 0.25) is 0 Å². The Bertz CT molecular complexity index is 6970. The van der Waals surface area contributed by atoms with E-state index in [1.807, 2.05) is 72.8 Å². The van der Waals surface area contributed by atoms with E-state index in [4.69, 9.17) is 23.3 Å². The number of rotatable bonds is 25. The molecule has 141 heavy (non-hydrogen) atoms. The lowest BCUT2D eigenvalue weighted by Crippen LogP contribution is -2.55. The molecule has 7 aromatic carbocycles. The number of aryl methyl sites for hydroxylation is 2. The number of fused-ring (bicyclic) bond motifs is 5. The van der Waals surface area contributed by atoms with E-state index in [1.165, 1.54) is 75.8 Å². The molecule has 0 saturated carbocycles. The fourth-order valence-corrected chi connectivity index (χ4v) is 18.3. The van der Waals surface area contributed by atoms with Crippen LogP contribution < -0.4 is 67.4 Å². The van der Waals surface area contributed by atoms with Crippen molar-refractivity contribution in [2.75, 3.05) is 54.1 Å². The summed E-state index contributed by atoms with van der Waals surface area (Å²) in [7, 11) is 4.61. The van der Waals surface area contributed by atoms with Gasteiger partial charge in [-0.15, -0.1) is 6.58 Å². The summed E-state index contributed by atoms with van der Waals surface area (Å²) < 4.78 is 53.5. The normalized spacial score (nSPS) is 20.8. The van der Waals surface area contributed by atoms with Gasteiger partial charge < -0.3 is 74.3 Å². The molecule has 5 atom stereocenters. The lowest BCUT2D eigenvalue weighted by molar-refractivity contribution is -0.126. The van der Waals surface area contributed by atoms with Crippen molar-refractivity contribution < 1.29 is 104 Å². The van der Waals surface area contributed by atoms with Crippen LogP contribution in [0, 0.1) is 11.6 Å². The second-order valence-corrected chi connectivity index (χ2v) is 35.2. The monoisotopic (exact) mass is 1920 g/mol. The second-order valence-electron chi connectivity index (χ2n) is 35.2. The predicted octanol–water partition coefficient (Wildman–Crippen LogP) is 8.40. The van der Waals surface area contributed by atoms with Crippen LogP contribution in [-0.2, 0) is 80.6 Å². The number of amides is 20. The number of aromatic nitrogens is 4. The molecule has 0 spiro atoms. The highest BCUT2D eigenvalue weighted by molar-refractivity contribution is 6.12. The number of halogens is 2. The van der Waals surface area contributed by atoms with E-state index in [-0.39, 0.29) is 99.0 Å². The van der Waals surface area contributed by atoms with Crippen LogP contribution in [0.1, 0.15) is 140 Å². The average Bonchev–Trinajstić information content (AvgIpc) is 1.59. The molecule has 1 unspecified atom stereocenters. The summed E-state index contributed by atoms with van der Waals surface area (Å²) in [6.07, 6.45) is 9.74. The van der Waals surface area contributed by atoms with Gasteiger partial charge in [-0.05, 0) is 155 Å². The Balaban J connectivity index is 0.000000122. The Morgan fingerprint density at radius 2 is 0.766 bits per heavy atom. The number of imide groups is 5. The first-order chi connectivity index (χ1) is 67.7. The highest BCUT2D eigenvalue weighted by Crippen LogP contribution is 2.40. The quantitative estimate of drug-likeness (QED) is 0.0189. The number of benzene rings is 7. The summed E-state index contributed by atoms with van der Waals surface area (Å²) >= 11 is 0. The fourth-order valence-electron chi connectivity index (χ4n) is 18.3. The van der Waals surface area contributed by atoms with E-state index >= 15 is 0 Å². The van der Waals surface area contributed by atoms with Crippen LogP contribution in [-0.4, -0.2) is 205 Å². The van der Waals surface area contributed by atoms with Crippen molar-refractivity contribution in [1.82, 2.24) is 97.9 Å². The van der Waals surface area contributed by atoms with Gasteiger partial charge in [0.15, 0.2) is 28.1 Å². The van der Waals surface area contributed by atoms with Crippen LogP contribution in [0.4, 0.5) is 32.8 Å². The van der Waals surface area contributed by atoms with Gasteiger partial charge in [0.05, 0.1) is 54.1 Å². The number of hydrogen-bond donors (Lipinski definition) is 10. The minimum Gasteiger partial charge on any atom is -0.497 e. The van der Waals surface area contributed by atoms with Crippen molar-refractivity contribution in [2.24, 2.45) is 0 Å². The van der Waals surface area contributed by atoms with Crippen molar-refractivity contribution in [3.8, 4) is 39.8 Å². The third-order valence-electron chi connectivity index (χ3n) is 25.9. The van der Waals surface area contributed by atoms with E-state index in [2.05, 4.69) is 106 Å². The third-order valence-corrected chi connectivity index (χ3v) is 25.9. The molecule has 21 rings (SSSR count). The number of nitrogens with zero attached hydrogens (tertiary/aromatic N) is 9. The molecular weight excluding hydrogens is 1830 g/mol. The molecule has 14 heterocycles. The van der Waals surface area contributed by atoms with Crippen LogP contribution in [0.25, 0.3) is 22.5 Å². The van der Waals surface area contributed by atoms with Crippen molar-refractivity contribution in [3.63, 3.8) is 0 Å². The number of carbonyl (C=O) groups excluding carboxylic acids is 15. The Labute approximate surface area is 801 Å². The molecule has 10 N–H and O–H groups in total. The Morgan fingerprint density at radius 1 is 0.383 bits per heavy atom. The summed E-state index contributed by atoms with van der Waals surface area (Å²) in [6, 6.07) is 48.7. The van der Waals surface area contributed by atoms with Gasteiger partial charge in [-0.2, -0.15) is 0 Å². The maximum Gasteiger partial charge on any atom is 0.322 e. The first-order valence-corrected chi connectivity index (χ1v) is 44.5. The highest BCUT2D eigenvalue weighted by atomic mass is 19.1. The summed E-state index contributed by atoms with van der Waals surface area (Å²) in [5.41, 5.74) is 4.82. The van der Waals surface area contributed by atoms with Gasteiger partial charge in [0.2, 0.25) is 0 Å². The van der Waals surface area contributed by atoms with E-state index in [9.17, 15) is 80.7 Å². The Kier molecular flexibility index (Phi) is 26.2. The van der Waals surface area contributed by atoms with Gasteiger partial charge in [0, 0.05) is 109 Å². The first kappa shape index (κ1) is 95.1. The van der Waals surface area contributed by atoms with Gasteiger partial charge >= 0.3 is 30.2 Å². The number of ether oxygens (including phenoxy) is 3. The fraction of sp³-hybridized carbons (Fsp3) is 0.250. The smallest absolute Gasteiger partial charge is 0.322 e. The topological polar surface area (TPSA) is 498 Å². The Hall–Kier alpha value is -17.7. The zero-order chi connectivity index (χ0) is 99.6. The zero-order valence-electron chi connectivity index (χ0n) is 76.3. The molecule has 10 aliphatic rings. The van der Waals surface area contributed by atoms with Crippen LogP contribution in [0.5, 0.6) is 17.2 Å². The molecule has 10 aliphatic heterocycles. The van der Waals surface area contributed by atoms with Crippen molar-refractivity contribution in [3.05, 3.63) is 315 Å².